The van der Waals surface area contributed by atoms with Crippen molar-refractivity contribution in [2.45, 2.75) is 84.3 Å². The lowest BCUT2D eigenvalue weighted by Crippen LogP contribution is -2.33. The van der Waals surface area contributed by atoms with Gasteiger partial charge in [0, 0.05) is 25.2 Å². The fourth-order valence-electron chi connectivity index (χ4n) is 3.80. The van der Waals surface area contributed by atoms with E-state index in [1.54, 1.807) is 0 Å². The van der Waals surface area contributed by atoms with Crippen molar-refractivity contribution >= 4 is 12.1 Å². The van der Waals surface area contributed by atoms with Crippen LogP contribution >= 0.6 is 0 Å². The Morgan fingerprint density at radius 1 is 1.28 bits per heavy atom. The normalized spacial score (nSPS) is 20.7. The molecule has 7 nitrogen and oxygen atoms in total. The second-order valence-electron chi connectivity index (χ2n) is 9.22. The Labute approximate surface area is 174 Å². The molecule has 0 bridgehead atoms. The highest BCUT2D eigenvalue weighted by Gasteiger charge is 2.23. The molecule has 0 aliphatic heterocycles. The SMILES string of the molecule is COC(=O)C(CCCNC(=O)OC(C)(C)C)Cc1cn([C@H]2CC[C@@H](C)CC2)cn1. The molecule has 0 spiro atoms. The van der Waals surface area contributed by atoms with Crippen molar-refractivity contribution in [2.75, 3.05) is 13.7 Å². The van der Waals surface area contributed by atoms with Crippen molar-refractivity contribution in [2.24, 2.45) is 11.8 Å². The first kappa shape index (κ1) is 23.2. The number of rotatable bonds is 8. The van der Waals surface area contributed by atoms with Gasteiger partial charge in [-0.25, -0.2) is 9.78 Å². The summed E-state index contributed by atoms with van der Waals surface area (Å²) < 4.78 is 12.4. The Morgan fingerprint density at radius 3 is 2.59 bits per heavy atom. The van der Waals surface area contributed by atoms with Gasteiger partial charge in [0.15, 0.2) is 0 Å². The molecule has 7 heteroatoms. The molecule has 1 heterocycles. The van der Waals surface area contributed by atoms with E-state index in [2.05, 4.69) is 28.0 Å². The van der Waals surface area contributed by atoms with Crippen LogP contribution in [-0.2, 0) is 20.7 Å². The van der Waals surface area contributed by atoms with Crippen LogP contribution < -0.4 is 5.32 Å². The lowest BCUT2D eigenvalue weighted by Gasteiger charge is -2.26. The number of ether oxygens (including phenoxy) is 2. The molecule has 1 amide bonds. The maximum atomic E-state index is 12.2. The number of hydrogen-bond acceptors (Lipinski definition) is 5. The second-order valence-corrected chi connectivity index (χ2v) is 9.22. The highest BCUT2D eigenvalue weighted by atomic mass is 16.6. The van der Waals surface area contributed by atoms with E-state index in [0.29, 0.717) is 31.8 Å². The molecule has 1 aromatic heterocycles. The van der Waals surface area contributed by atoms with Gasteiger partial charge in [-0.05, 0) is 65.2 Å². The van der Waals surface area contributed by atoms with Crippen molar-refractivity contribution in [3.05, 3.63) is 18.2 Å². The molecule has 1 aliphatic carbocycles. The Morgan fingerprint density at radius 2 is 1.97 bits per heavy atom. The van der Waals surface area contributed by atoms with Crippen LogP contribution in [0, 0.1) is 11.8 Å². The highest BCUT2D eigenvalue weighted by Crippen LogP contribution is 2.32. The van der Waals surface area contributed by atoms with Gasteiger partial charge in [-0.3, -0.25) is 4.79 Å². The Bertz CT molecular complexity index is 657. The van der Waals surface area contributed by atoms with E-state index >= 15 is 0 Å². The number of imidazole rings is 1. The molecule has 29 heavy (non-hydrogen) atoms. The number of hydrogen-bond donors (Lipinski definition) is 1. The number of nitrogens with one attached hydrogen (secondary N) is 1. The minimum Gasteiger partial charge on any atom is -0.469 e. The Hall–Kier alpha value is -2.05. The maximum Gasteiger partial charge on any atom is 0.407 e. The number of alkyl carbamates (subject to hydrolysis) is 1. The van der Waals surface area contributed by atoms with Crippen molar-refractivity contribution in [1.29, 1.82) is 0 Å². The molecule has 1 saturated carbocycles. The van der Waals surface area contributed by atoms with Gasteiger partial charge in [0.05, 0.1) is 25.0 Å². The average molecular weight is 408 g/mol. The van der Waals surface area contributed by atoms with Crippen molar-refractivity contribution in [1.82, 2.24) is 14.9 Å². The summed E-state index contributed by atoms with van der Waals surface area (Å²) in [6.07, 6.45) is 10.3. The number of aromatic nitrogens is 2. The standard InChI is InChI=1S/C22H37N3O4/c1-16-8-10-19(11-9-16)25-14-18(24-15-25)13-17(20(26)28-5)7-6-12-23-21(27)29-22(2,3)4/h14-17,19H,6-13H2,1-5H3,(H,23,27)/t16-,17?,19+. The van der Waals surface area contributed by atoms with Crippen LogP contribution in [0.4, 0.5) is 4.79 Å². The third kappa shape index (κ3) is 8.07. The fraction of sp³-hybridized carbons (Fsp3) is 0.773. The molecule has 1 aliphatic rings. The van der Waals surface area contributed by atoms with Crippen LogP contribution in [0.2, 0.25) is 0 Å². The summed E-state index contributed by atoms with van der Waals surface area (Å²) in [4.78, 5) is 28.5. The minimum atomic E-state index is -0.520. The van der Waals surface area contributed by atoms with Gasteiger partial charge < -0.3 is 19.4 Å². The third-order valence-corrected chi connectivity index (χ3v) is 5.45. The van der Waals surface area contributed by atoms with Crippen molar-refractivity contribution in [3.8, 4) is 0 Å². The molecule has 1 unspecified atom stereocenters. The molecule has 0 radical (unpaired) electrons. The molecule has 0 saturated heterocycles. The van der Waals surface area contributed by atoms with E-state index in [9.17, 15) is 9.59 Å². The molecule has 2 rings (SSSR count). The number of nitrogens with zero attached hydrogens (tertiary/aromatic N) is 2. The van der Waals surface area contributed by atoms with Gasteiger partial charge >= 0.3 is 12.1 Å². The van der Waals surface area contributed by atoms with Gasteiger partial charge in [-0.15, -0.1) is 0 Å². The smallest absolute Gasteiger partial charge is 0.407 e. The predicted octanol–water partition coefficient (Wildman–Crippen LogP) is 4.27. The molecule has 1 atom stereocenters. The summed E-state index contributed by atoms with van der Waals surface area (Å²) in [6.45, 7) is 8.25. The number of esters is 1. The van der Waals surface area contributed by atoms with Crippen LogP contribution in [0.15, 0.2) is 12.5 Å². The van der Waals surface area contributed by atoms with Crippen LogP contribution in [-0.4, -0.2) is 40.9 Å². The second kappa shape index (κ2) is 10.6. The Kier molecular flexibility index (Phi) is 8.53. The third-order valence-electron chi connectivity index (χ3n) is 5.45. The number of carbonyl (C=O) groups is 2. The van der Waals surface area contributed by atoms with E-state index in [-0.39, 0.29) is 11.9 Å². The molecule has 1 N–H and O–H groups in total. The van der Waals surface area contributed by atoms with Gasteiger partial charge in [0.2, 0.25) is 0 Å². The molecule has 164 valence electrons. The first-order chi connectivity index (χ1) is 13.7. The van der Waals surface area contributed by atoms with Crippen molar-refractivity contribution in [3.63, 3.8) is 0 Å². The molecular weight excluding hydrogens is 370 g/mol. The van der Waals surface area contributed by atoms with Crippen LogP contribution in [0.5, 0.6) is 0 Å². The molecule has 1 aromatic rings. The zero-order valence-corrected chi connectivity index (χ0v) is 18.6. The van der Waals surface area contributed by atoms with Crippen LogP contribution in [0.1, 0.15) is 78.0 Å². The van der Waals surface area contributed by atoms with E-state index in [1.165, 1.54) is 32.8 Å². The zero-order valence-electron chi connectivity index (χ0n) is 18.6. The largest absolute Gasteiger partial charge is 0.469 e. The highest BCUT2D eigenvalue weighted by molar-refractivity contribution is 5.72. The maximum absolute atomic E-state index is 12.2. The summed E-state index contributed by atoms with van der Waals surface area (Å²) in [7, 11) is 1.41. The summed E-state index contributed by atoms with van der Waals surface area (Å²) in [5.74, 6) is 0.311. The van der Waals surface area contributed by atoms with Crippen molar-refractivity contribution < 1.29 is 19.1 Å². The quantitative estimate of drug-likeness (QED) is 0.514. The summed E-state index contributed by atoms with van der Waals surface area (Å²) in [5.41, 5.74) is 0.396. The molecular formula is C22H37N3O4. The van der Waals surface area contributed by atoms with Gasteiger partial charge in [0.25, 0.3) is 0 Å². The van der Waals surface area contributed by atoms with E-state index in [1.807, 2.05) is 27.1 Å². The fourth-order valence-corrected chi connectivity index (χ4v) is 3.80. The van der Waals surface area contributed by atoms with E-state index in [0.717, 1.165) is 11.6 Å². The van der Waals surface area contributed by atoms with Gasteiger partial charge in [-0.1, -0.05) is 6.92 Å². The van der Waals surface area contributed by atoms with E-state index < -0.39 is 11.7 Å². The van der Waals surface area contributed by atoms with Gasteiger partial charge in [0.1, 0.15) is 5.60 Å². The lowest BCUT2D eigenvalue weighted by atomic mass is 9.87. The summed E-state index contributed by atoms with van der Waals surface area (Å²) in [6, 6.07) is 0.516. The van der Waals surface area contributed by atoms with Gasteiger partial charge in [-0.2, -0.15) is 0 Å². The monoisotopic (exact) mass is 407 g/mol. The number of methoxy groups -OCH3 is 1. The minimum absolute atomic E-state index is 0.233. The number of carbonyl (C=O) groups excluding carboxylic acids is 2. The summed E-state index contributed by atoms with van der Waals surface area (Å²) in [5, 5.41) is 2.73. The van der Waals surface area contributed by atoms with Crippen LogP contribution in [0.3, 0.4) is 0 Å². The average Bonchev–Trinajstić information content (AvgIpc) is 3.11. The molecule has 1 fully saturated rings. The topological polar surface area (TPSA) is 82.5 Å². The first-order valence-corrected chi connectivity index (χ1v) is 10.7. The zero-order chi connectivity index (χ0) is 21.4. The number of amides is 1. The summed E-state index contributed by atoms with van der Waals surface area (Å²) >= 11 is 0. The van der Waals surface area contributed by atoms with E-state index in [4.69, 9.17) is 9.47 Å². The van der Waals surface area contributed by atoms with Crippen LogP contribution in [0.25, 0.3) is 0 Å². The Balaban J connectivity index is 1.83. The molecule has 0 aromatic carbocycles. The lowest BCUT2D eigenvalue weighted by molar-refractivity contribution is -0.145. The first-order valence-electron chi connectivity index (χ1n) is 10.7. The predicted molar refractivity (Wildman–Crippen MR) is 112 cm³/mol.